The van der Waals surface area contributed by atoms with Crippen LogP contribution in [0.3, 0.4) is 0 Å². The van der Waals surface area contributed by atoms with Crippen LogP contribution in [0.5, 0.6) is 0 Å². The lowest BCUT2D eigenvalue weighted by molar-refractivity contribution is 0.0204. The van der Waals surface area contributed by atoms with Gasteiger partial charge in [0.05, 0.1) is 13.2 Å². The molecule has 2 heterocycles. The van der Waals surface area contributed by atoms with Crippen LogP contribution in [0, 0.1) is 0 Å². The van der Waals surface area contributed by atoms with Crippen molar-refractivity contribution in [3.8, 4) is 0 Å². The summed E-state index contributed by atoms with van der Waals surface area (Å²) in [5.74, 6) is -0.236. The van der Waals surface area contributed by atoms with Crippen molar-refractivity contribution in [2.45, 2.75) is 19.9 Å². The van der Waals surface area contributed by atoms with E-state index in [0.717, 1.165) is 26.3 Å². The van der Waals surface area contributed by atoms with Crippen molar-refractivity contribution >= 4 is 11.7 Å². The smallest absolute Gasteiger partial charge is 0.267 e. The van der Waals surface area contributed by atoms with Crippen LogP contribution in [0.15, 0.2) is 12.3 Å². The van der Waals surface area contributed by atoms with Crippen molar-refractivity contribution in [3.05, 3.63) is 23.5 Å². The molecule has 20 heavy (non-hydrogen) atoms. The molecular formula is C14H21N3O3. The average molecular weight is 279 g/mol. The Balaban J connectivity index is 1.83. The Bertz CT molecular complexity index is 478. The Morgan fingerprint density at radius 2 is 2.15 bits per heavy atom. The summed E-state index contributed by atoms with van der Waals surface area (Å²) in [6, 6.07) is 1.85. The highest BCUT2D eigenvalue weighted by molar-refractivity contribution is 5.99. The molecule has 0 saturated carbocycles. The van der Waals surface area contributed by atoms with Crippen molar-refractivity contribution < 1.29 is 14.3 Å². The van der Waals surface area contributed by atoms with Gasteiger partial charge in [-0.25, -0.2) is 0 Å². The zero-order valence-corrected chi connectivity index (χ0v) is 11.9. The lowest BCUT2D eigenvalue weighted by atomic mass is 10.2. The monoisotopic (exact) mass is 279 g/mol. The van der Waals surface area contributed by atoms with Crippen molar-refractivity contribution in [1.29, 1.82) is 0 Å². The lowest BCUT2D eigenvalue weighted by Crippen LogP contribution is -2.47. The molecule has 110 valence electrons. The summed E-state index contributed by atoms with van der Waals surface area (Å²) in [4.78, 5) is 28.3. The molecule has 1 amide bonds. The maximum absolute atomic E-state index is 12.0. The fourth-order valence-corrected chi connectivity index (χ4v) is 2.21. The van der Waals surface area contributed by atoms with E-state index in [4.69, 9.17) is 4.74 Å². The van der Waals surface area contributed by atoms with Crippen molar-refractivity contribution in [2.75, 3.05) is 32.8 Å². The van der Waals surface area contributed by atoms with E-state index in [1.807, 2.05) is 0 Å². The highest BCUT2D eigenvalue weighted by Crippen LogP contribution is 2.05. The number of ketones is 1. The molecular weight excluding hydrogens is 258 g/mol. The predicted molar refractivity (Wildman–Crippen MR) is 75.0 cm³/mol. The molecule has 1 aromatic heterocycles. The van der Waals surface area contributed by atoms with Gasteiger partial charge in [0.25, 0.3) is 5.91 Å². The third kappa shape index (κ3) is 3.68. The van der Waals surface area contributed by atoms with Crippen LogP contribution < -0.4 is 5.32 Å². The van der Waals surface area contributed by atoms with Gasteiger partial charge in [-0.1, -0.05) is 0 Å². The van der Waals surface area contributed by atoms with E-state index in [0.29, 0.717) is 17.8 Å². The van der Waals surface area contributed by atoms with Gasteiger partial charge < -0.3 is 15.0 Å². The predicted octanol–water partition coefficient (Wildman–Crippen LogP) is 0.668. The molecule has 0 aliphatic carbocycles. The summed E-state index contributed by atoms with van der Waals surface area (Å²) in [5.41, 5.74) is 0.945. The summed E-state index contributed by atoms with van der Waals surface area (Å²) < 4.78 is 5.30. The van der Waals surface area contributed by atoms with E-state index in [1.165, 1.54) is 6.92 Å². The van der Waals surface area contributed by atoms with Crippen LogP contribution in [0.4, 0.5) is 0 Å². The van der Waals surface area contributed by atoms with Crippen molar-refractivity contribution in [3.63, 3.8) is 0 Å². The second-order valence-corrected chi connectivity index (χ2v) is 5.07. The Kier molecular flexibility index (Phi) is 4.92. The zero-order chi connectivity index (χ0) is 14.5. The van der Waals surface area contributed by atoms with E-state index in [9.17, 15) is 9.59 Å². The maximum atomic E-state index is 12.0. The quantitative estimate of drug-likeness (QED) is 0.777. The molecule has 2 N–H and O–H groups in total. The van der Waals surface area contributed by atoms with E-state index in [2.05, 4.69) is 22.1 Å². The number of ether oxygens (including phenoxy) is 1. The number of aromatic nitrogens is 1. The van der Waals surface area contributed by atoms with Gasteiger partial charge in [-0.2, -0.15) is 0 Å². The lowest BCUT2D eigenvalue weighted by Gasteiger charge is -2.32. The SMILES string of the molecule is CC(=O)c1c[nH]c(C(=O)NC[C@H](C)N2CCOCC2)c1. The van der Waals surface area contributed by atoms with Crippen LogP contribution in [-0.4, -0.2) is 60.5 Å². The molecule has 1 fully saturated rings. The number of morpholine rings is 1. The van der Waals surface area contributed by atoms with Crippen molar-refractivity contribution in [1.82, 2.24) is 15.2 Å². The van der Waals surface area contributed by atoms with Gasteiger partial charge in [-0.3, -0.25) is 14.5 Å². The van der Waals surface area contributed by atoms with Gasteiger partial charge in [-0.15, -0.1) is 0 Å². The van der Waals surface area contributed by atoms with E-state index < -0.39 is 0 Å². The Hall–Kier alpha value is -1.66. The minimum Gasteiger partial charge on any atom is -0.379 e. The number of carbonyl (C=O) groups excluding carboxylic acids is 2. The summed E-state index contributed by atoms with van der Waals surface area (Å²) >= 11 is 0. The summed E-state index contributed by atoms with van der Waals surface area (Å²) in [6.45, 7) is 7.43. The topological polar surface area (TPSA) is 74.4 Å². The van der Waals surface area contributed by atoms with E-state index >= 15 is 0 Å². The van der Waals surface area contributed by atoms with Gasteiger partial charge in [0.1, 0.15) is 5.69 Å². The van der Waals surface area contributed by atoms with Crippen LogP contribution in [0.25, 0.3) is 0 Å². The highest BCUT2D eigenvalue weighted by atomic mass is 16.5. The highest BCUT2D eigenvalue weighted by Gasteiger charge is 2.18. The number of nitrogens with zero attached hydrogens (tertiary/aromatic N) is 1. The standard InChI is InChI=1S/C14H21N3O3/c1-10(17-3-5-20-6-4-17)8-16-14(19)13-7-12(9-15-13)11(2)18/h7,9-10,15H,3-6,8H2,1-2H3,(H,16,19)/t10-/m0/s1. The molecule has 6 nitrogen and oxygen atoms in total. The first kappa shape index (κ1) is 14.7. The maximum Gasteiger partial charge on any atom is 0.267 e. The minimum atomic E-state index is -0.183. The number of hydrogen-bond acceptors (Lipinski definition) is 4. The molecule has 1 saturated heterocycles. The van der Waals surface area contributed by atoms with Crippen LogP contribution in [0.2, 0.25) is 0 Å². The van der Waals surface area contributed by atoms with Gasteiger partial charge in [0, 0.05) is 37.4 Å². The van der Waals surface area contributed by atoms with E-state index in [1.54, 1.807) is 12.3 Å². The number of hydrogen-bond donors (Lipinski definition) is 2. The number of rotatable bonds is 5. The molecule has 0 radical (unpaired) electrons. The van der Waals surface area contributed by atoms with Crippen LogP contribution >= 0.6 is 0 Å². The fourth-order valence-electron chi connectivity index (χ4n) is 2.21. The number of H-pyrrole nitrogens is 1. The first-order valence-electron chi connectivity index (χ1n) is 6.87. The molecule has 0 aromatic carbocycles. The molecule has 0 unspecified atom stereocenters. The number of amides is 1. The Morgan fingerprint density at radius 3 is 2.75 bits per heavy atom. The van der Waals surface area contributed by atoms with Crippen molar-refractivity contribution in [2.24, 2.45) is 0 Å². The van der Waals surface area contributed by atoms with Crippen LogP contribution in [0.1, 0.15) is 34.7 Å². The zero-order valence-electron chi connectivity index (χ0n) is 11.9. The largest absolute Gasteiger partial charge is 0.379 e. The van der Waals surface area contributed by atoms with Crippen LogP contribution in [-0.2, 0) is 4.74 Å². The molecule has 1 aliphatic heterocycles. The minimum absolute atomic E-state index is 0.0537. The summed E-state index contributed by atoms with van der Waals surface area (Å²) in [5, 5.41) is 2.88. The average Bonchev–Trinajstić information content (AvgIpc) is 2.95. The molecule has 0 bridgehead atoms. The van der Waals surface area contributed by atoms with Gasteiger partial charge in [-0.05, 0) is 19.9 Å². The number of nitrogens with one attached hydrogen (secondary N) is 2. The number of aromatic amines is 1. The number of carbonyl (C=O) groups is 2. The molecule has 2 rings (SSSR count). The Morgan fingerprint density at radius 1 is 1.45 bits per heavy atom. The normalized spacial score (nSPS) is 17.7. The second-order valence-electron chi connectivity index (χ2n) is 5.07. The van der Waals surface area contributed by atoms with Gasteiger partial charge >= 0.3 is 0 Å². The molecule has 1 aliphatic rings. The number of Topliss-reactive ketones (excluding diaryl/α,β-unsaturated/α-hetero) is 1. The summed E-state index contributed by atoms with van der Waals surface area (Å²) in [7, 11) is 0. The Labute approximate surface area is 118 Å². The van der Waals surface area contributed by atoms with Gasteiger partial charge in [0.15, 0.2) is 5.78 Å². The molecule has 6 heteroatoms. The second kappa shape index (κ2) is 6.67. The molecule has 1 aromatic rings. The first-order valence-corrected chi connectivity index (χ1v) is 6.87. The third-order valence-corrected chi connectivity index (χ3v) is 3.56. The fraction of sp³-hybridized carbons (Fsp3) is 0.571. The molecule has 1 atom stereocenters. The first-order chi connectivity index (χ1) is 9.58. The van der Waals surface area contributed by atoms with E-state index in [-0.39, 0.29) is 17.7 Å². The molecule has 0 spiro atoms. The third-order valence-electron chi connectivity index (χ3n) is 3.56. The summed E-state index contributed by atoms with van der Waals surface area (Å²) in [6.07, 6.45) is 1.56. The van der Waals surface area contributed by atoms with Gasteiger partial charge in [0.2, 0.25) is 0 Å².